The Morgan fingerprint density at radius 3 is 2.54 bits per heavy atom. The van der Waals surface area contributed by atoms with E-state index in [9.17, 15) is 18.0 Å². The van der Waals surface area contributed by atoms with Crippen LogP contribution in [-0.2, 0) is 23.1 Å². The summed E-state index contributed by atoms with van der Waals surface area (Å²) in [4.78, 5) is 12.4. The first kappa shape index (κ1) is 20.8. The number of alkyl halides is 3. The average molecular weight is 457 g/mol. The summed E-state index contributed by atoms with van der Waals surface area (Å²) in [6, 6.07) is 0. The predicted octanol–water partition coefficient (Wildman–Crippen LogP) is 3.76. The number of carbonyl (C=O) groups is 1. The van der Waals surface area contributed by atoms with Crippen molar-refractivity contribution in [1.82, 2.24) is 24.9 Å². The van der Waals surface area contributed by atoms with Crippen LogP contribution >= 0.6 is 27.5 Å². The van der Waals surface area contributed by atoms with Gasteiger partial charge in [0.1, 0.15) is 5.54 Å². The molecular formula is C15H18BrClF3N5O. The van der Waals surface area contributed by atoms with Crippen LogP contribution in [0.1, 0.15) is 31.7 Å². The van der Waals surface area contributed by atoms with Gasteiger partial charge < -0.3 is 5.32 Å². The van der Waals surface area contributed by atoms with Gasteiger partial charge in [-0.15, -0.1) is 0 Å². The van der Waals surface area contributed by atoms with Gasteiger partial charge in [-0.2, -0.15) is 23.4 Å². The molecule has 0 aliphatic carbocycles. The van der Waals surface area contributed by atoms with Crippen LogP contribution < -0.4 is 5.32 Å². The molecule has 0 saturated carbocycles. The SMILES string of the molecule is Cc1c(Cl)c(C(F)(F)F)nn1CCCNC(=O)C(C)(C)n1cc(Br)cn1. The number of hydrogen-bond acceptors (Lipinski definition) is 3. The van der Waals surface area contributed by atoms with Gasteiger partial charge in [-0.05, 0) is 43.1 Å². The van der Waals surface area contributed by atoms with E-state index in [2.05, 4.69) is 31.4 Å². The lowest BCUT2D eigenvalue weighted by Gasteiger charge is -2.24. The number of halogens is 5. The summed E-state index contributed by atoms with van der Waals surface area (Å²) in [5.74, 6) is -0.251. The Balaban J connectivity index is 1.92. The van der Waals surface area contributed by atoms with Gasteiger partial charge in [0.15, 0.2) is 5.69 Å². The number of hydrogen-bond donors (Lipinski definition) is 1. The average Bonchev–Trinajstić information content (AvgIpc) is 3.09. The molecule has 11 heteroatoms. The van der Waals surface area contributed by atoms with Crippen LogP contribution in [0.3, 0.4) is 0 Å². The maximum atomic E-state index is 12.8. The maximum Gasteiger partial charge on any atom is 0.436 e. The molecule has 2 aromatic heterocycles. The zero-order valence-electron chi connectivity index (χ0n) is 14.4. The number of aromatic nitrogens is 4. The highest BCUT2D eigenvalue weighted by Crippen LogP contribution is 2.35. The Morgan fingerprint density at radius 2 is 2.04 bits per heavy atom. The lowest BCUT2D eigenvalue weighted by Crippen LogP contribution is -2.45. The van der Waals surface area contributed by atoms with Crippen LogP contribution in [-0.4, -0.2) is 32.0 Å². The maximum absolute atomic E-state index is 12.8. The highest BCUT2D eigenvalue weighted by molar-refractivity contribution is 9.10. The topological polar surface area (TPSA) is 64.7 Å². The Bertz CT molecular complexity index is 800. The van der Waals surface area contributed by atoms with Gasteiger partial charge in [0, 0.05) is 19.3 Å². The molecule has 0 aromatic carbocycles. The minimum atomic E-state index is -4.59. The molecule has 0 unspecified atom stereocenters. The Morgan fingerprint density at radius 1 is 1.38 bits per heavy atom. The van der Waals surface area contributed by atoms with Gasteiger partial charge in [0.05, 0.1) is 21.4 Å². The third kappa shape index (κ3) is 4.40. The van der Waals surface area contributed by atoms with E-state index in [1.165, 1.54) is 16.3 Å². The Hall–Kier alpha value is -1.55. The minimum absolute atomic E-state index is 0.204. The lowest BCUT2D eigenvalue weighted by molar-refractivity contribution is -0.141. The Kier molecular flexibility index (Phi) is 6.06. The predicted molar refractivity (Wildman–Crippen MR) is 93.9 cm³/mol. The van der Waals surface area contributed by atoms with E-state index in [-0.39, 0.29) is 24.7 Å². The van der Waals surface area contributed by atoms with E-state index in [0.717, 1.165) is 4.47 Å². The number of carbonyl (C=O) groups excluding carboxylic acids is 1. The van der Waals surface area contributed by atoms with Gasteiger partial charge in [-0.25, -0.2) is 0 Å². The molecule has 26 heavy (non-hydrogen) atoms. The summed E-state index contributed by atoms with van der Waals surface area (Å²) >= 11 is 8.98. The summed E-state index contributed by atoms with van der Waals surface area (Å²) in [5, 5.41) is 9.99. The molecule has 0 radical (unpaired) electrons. The van der Waals surface area contributed by atoms with Gasteiger partial charge in [-0.1, -0.05) is 11.6 Å². The molecule has 0 aliphatic rings. The highest BCUT2D eigenvalue weighted by Gasteiger charge is 2.38. The molecule has 2 heterocycles. The van der Waals surface area contributed by atoms with Crippen molar-refractivity contribution in [1.29, 1.82) is 0 Å². The number of nitrogens with zero attached hydrogens (tertiary/aromatic N) is 4. The van der Waals surface area contributed by atoms with E-state index >= 15 is 0 Å². The molecule has 2 aromatic rings. The normalized spacial score (nSPS) is 12.5. The fourth-order valence-electron chi connectivity index (χ4n) is 2.28. The van der Waals surface area contributed by atoms with Crippen molar-refractivity contribution in [3.05, 3.63) is 33.3 Å². The van der Waals surface area contributed by atoms with E-state index in [1.54, 1.807) is 26.2 Å². The van der Waals surface area contributed by atoms with Crippen LogP contribution in [0.15, 0.2) is 16.9 Å². The van der Waals surface area contributed by atoms with Crippen molar-refractivity contribution >= 4 is 33.4 Å². The van der Waals surface area contributed by atoms with Crippen LogP contribution in [0.25, 0.3) is 0 Å². The van der Waals surface area contributed by atoms with Crippen molar-refractivity contribution < 1.29 is 18.0 Å². The third-order valence-electron chi connectivity index (χ3n) is 3.91. The Labute approximate surface area is 161 Å². The molecule has 0 fully saturated rings. The van der Waals surface area contributed by atoms with E-state index < -0.39 is 22.4 Å². The van der Waals surface area contributed by atoms with Crippen molar-refractivity contribution in [3.63, 3.8) is 0 Å². The first-order valence-corrected chi connectivity index (χ1v) is 8.90. The van der Waals surface area contributed by atoms with Gasteiger partial charge in [-0.3, -0.25) is 14.2 Å². The van der Waals surface area contributed by atoms with Crippen LogP contribution in [0.2, 0.25) is 5.02 Å². The lowest BCUT2D eigenvalue weighted by atomic mass is 10.1. The monoisotopic (exact) mass is 455 g/mol. The number of amides is 1. The van der Waals surface area contributed by atoms with Crippen molar-refractivity contribution in [2.75, 3.05) is 6.54 Å². The molecule has 0 bridgehead atoms. The minimum Gasteiger partial charge on any atom is -0.354 e. The summed E-state index contributed by atoms with van der Waals surface area (Å²) < 4.78 is 41.9. The van der Waals surface area contributed by atoms with Crippen LogP contribution in [0.5, 0.6) is 0 Å². The highest BCUT2D eigenvalue weighted by atomic mass is 79.9. The quantitative estimate of drug-likeness (QED) is 0.673. The number of aryl methyl sites for hydroxylation is 1. The zero-order chi connectivity index (χ0) is 19.7. The third-order valence-corrected chi connectivity index (χ3v) is 4.78. The fraction of sp³-hybridized carbons (Fsp3) is 0.533. The summed E-state index contributed by atoms with van der Waals surface area (Å²) in [5.41, 5.74) is -1.75. The summed E-state index contributed by atoms with van der Waals surface area (Å²) in [6.07, 6.45) is -0.922. The van der Waals surface area contributed by atoms with Crippen molar-refractivity contribution in [2.45, 2.75) is 45.5 Å². The molecule has 0 spiro atoms. The first-order valence-electron chi connectivity index (χ1n) is 7.73. The molecular weight excluding hydrogens is 439 g/mol. The number of rotatable bonds is 6. The second-order valence-electron chi connectivity index (χ2n) is 6.24. The molecule has 1 amide bonds. The molecule has 2 rings (SSSR count). The molecule has 1 N–H and O–H groups in total. The van der Waals surface area contributed by atoms with Crippen molar-refractivity contribution in [2.24, 2.45) is 0 Å². The van der Waals surface area contributed by atoms with Gasteiger partial charge >= 0.3 is 6.18 Å². The number of nitrogens with one attached hydrogen (secondary N) is 1. The molecule has 0 saturated heterocycles. The molecule has 0 aliphatic heterocycles. The molecule has 144 valence electrons. The fourth-order valence-corrected chi connectivity index (χ4v) is 2.81. The first-order chi connectivity index (χ1) is 11.9. The van der Waals surface area contributed by atoms with Crippen molar-refractivity contribution in [3.8, 4) is 0 Å². The standard InChI is InChI=1S/C15H18BrClF3N5O/c1-9-11(17)12(15(18,19)20)23-24(9)6-4-5-21-13(26)14(2,3)25-8-10(16)7-22-25/h7-8H,4-6H2,1-3H3,(H,21,26). The summed E-state index contributed by atoms with van der Waals surface area (Å²) in [6.45, 7) is 5.39. The summed E-state index contributed by atoms with van der Waals surface area (Å²) in [7, 11) is 0. The largest absolute Gasteiger partial charge is 0.436 e. The van der Waals surface area contributed by atoms with Crippen LogP contribution in [0.4, 0.5) is 13.2 Å². The van der Waals surface area contributed by atoms with Crippen LogP contribution in [0, 0.1) is 6.92 Å². The van der Waals surface area contributed by atoms with E-state index in [1.807, 2.05) is 0 Å². The zero-order valence-corrected chi connectivity index (χ0v) is 16.7. The van der Waals surface area contributed by atoms with Gasteiger partial charge in [0.2, 0.25) is 5.91 Å². The second-order valence-corrected chi connectivity index (χ2v) is 7.53. The smallest absolute Gasteiger partial charge is 0.354 e. The molecule has 0 atom stereocenters. The van der Waals surface area contributed by atoms with E-state index in [0.29, 0.717) is 6.42 Å². The second kappa shape index (κ2) is 7.59. The molecule has 6 nitrogen and oxygen atoms in total. The van der Waals surface area contributed by atoms with E-state index in [4.69, 9.17) is 11.6 Å². The van der Waals surface area contributed by atoms with Gasteiger partial charge in [0.25, 0.3) is 0 Å².